The van der Waals surface area contributed by atoms with Crippen LogP contribution in [-0.2, 0) is 0 Å². The van der Waals surface area contributed by atoms with Crippen LogP contribution < -0.4 is 5.32 Å². The van der Waals surface area contributed by atoms with E-state index in [1.54, 1.807) is 0 Å². The lowest BCUT2D eigenvalue weighted by molar-refractivity contribution is 0.135. The van der Waals surface area contributed by atoms with Crippen molar-refractivity contribution < 1.29 is 0 Å². The zero-order valence-electron chi connectivity index (χ0n) is 9.91. The molecule has 3 rings (SSSR count). The normalized spacial score (nSPS) is 35.4. The van der Waals surface area contributed by atoms with Crippen LogP contribution in [0.15, 0.2) is 0 Å². The Kier molecular flexibility index (Phi) is 2.73. The maximum Gasteiger partial charge on any atom is 0.0223 e. The van der Waals surface area contributed by atoms with Crippen molar-refractivity contribution in [1.82, 2.24) is 10.2 Å². The third-order valence-corrected chi connectivity index (χ3v) is 4.42. The van der Waals surface area contributed by atoms with Crippen LogP contribution >= 0.6 is 0 Å². The van der Waals surface area contributed by atoms with Gasteiger partial charge in [0.2, 0.25) is 0 Å². The van der Waals surface area contributed by atoms with Crippen molar-refractivity contribution in [1.29, 1.82) is 0 Å². The fourth-order valence-electron chi connectivity index (χ4n) is 3.00. The van der Waals surface area contributed by atoms with Gasteiger partial charge in [0.15, 0.2) is 0 Å². The number of nitrogens with zero attached hydrogens (tertiary/aromatic N) is 1. The van der Waals surface area contributed by atoms with E-state index in [1.165, 1.54) is 51.7 Å². The molecule has 0 aromatic heterocycles. The number of nitrogens with one attached hydrogen (secondary N) is 1. The van der Waals surface area contributed by atoms with Gasteiger partial charge in [-0.15, -0.1) is 0 Å². The molecule has 1 heterocycles. The van der Waals surface area contributed by atoms with E-state index in [-0.39, 0.29) is 0 Å². The summed E-state index contributed by atoms with van der Waals surface area (Å²) in [7, 11) is 0. The molecule has 0 aromatic rings. The lowest BCUT2D eigenvalue weighted by Crippen LogP contribution is -2.54. The minimum Gasteiger partial charge on any atom is -0.311 e. The molecule has 1 N–H and O–H groups in total. The third kappa shape index (κ3) is 2.54. The van der Waals surface area contributed by atoms with Gasteiger partial charge in [-0.2, -0.15) is 0 Å². The Bertz CT molecular complexity index is 221. The summed E-state index contributed by atoms with van der Waals surface area (Å²) in [5, 5.41) is 3.69. The second kappa shape index (κ2) is 4.06. The maximum absolute atomic E-state index is 3.69. The van der Waals surface area contributed by atoms with Gasteiger partial charge in [-0.1, -0.05) is 12.8 Å². The van der Waals surface area contributed by atoms with Gasteiger partial charge in [0.1, 0.15) is 0 Å². The molecule has 1 saturated heterocycles. The molecule has 2 aliphatic carbocycles. The molecule has 86 valence electrons. The summed E-state index contributed by atoms with van der Waals surface area (Å²) in [4.78, 5) is 2.73. The monoisotopic (exact) mass is 208 g/mol. The molecule has 0 radical (unpaired) electrons. The summed E-state index contributed by atoms with van der Waals surface area (Å²) < 4.78 is 0. The summed E-state index contributed by atoms with van der Waals surface area (Å²) in [6.45, 7) is 6.25. The van der Waals surface area contributed by atoms with Gasteiger partial charge in [-0.3, -0.25) is 4.90 Å². The van der Waals surface area contributed by atoms with Crippen LogP contribution in [0.4, 0.5) is 0 Å². The predicted octanol–water partition coefficient (Wildman–Crippen LogP) is 1.86. The largest absolute Gasteiger partial charge is 0.311 e. The zero-order valence-corrected chi connectivity index (χ0v) is 9.91. The van der Waals surface area contributed by atoms with Gasteiger partial charge >= 0.3 is 0 Å². The van der Waals surface area contributed by atoms with Crippen molar-refractivity contribution in [3.8, 4) is 0 Å². The van der Waals surface area contributed by atoms with Crippen LogP contribution in [-0.4, -0.2) is 36.6 Å². The highest BCUT2D eigenvalue weighted by molar-refractivity contribution is 4.93. The van der Waals surface area contributed by atoms with Crippen LogP contribution in [0, 0.1) is 11.8 Å². The van der Waals surface area contributed by atoms with E-state index < -0.39 is 0 Å². The van der Waals surface area contributed by atoms with Crippen molar-refractivity contribution in [2.75, 3.05) is 19.6 Å². The van der Waals surface area contributed by atoms with Gasteiger partial charge < -0.3 is 5.32 Å². The molecule has 1 aliphatic heterocycles. The Balaban J connectivity index is 1.50. The maximum atomic E-state index is 3.69. The van der Waals surface area contributed by atoms with Crippen molar-refractivity contribution >= 4 is 0 Å². The molecule has 2 atom stereocenters. The average molecular weight is 208 g/mol. The molecule has 0 aromatic carbocycles. The van der Waals surface area contributed by atoms with Crippen molar-refractivity contribution in [2.45, 2.75) is 51.1 Å². The summed E-state index contributed by atoms with van der Waals surface area (Å²) in [6, 6.07) is 1.65. The first kappa shape index (κ1) is 10.1. The fraction of sp³-hybridized carbons (Fsp3) is 1.00. The Morgan fingerprint density at radius 3 is 2.73 bits per heavy atom. The van der Waals surface area contributed by atoms with Gasteiger partial charge in [0, 0.05) is 31.7 Å². The Morgan fingerprint density at radius 1 is 1.27 bits per heavy atom. The summed E-state index contributed by atoms with van der Waals surface area (Å²) in [5.41, 5.74) is 0. The molecule has 2 nitrogen and oxygen atoms in total. The molecule has 3 aliphatic rings. The molecule has 2 unspecified atom stereocenters. The van der Waals surface area contributed by atoms with Crippen LogP contribution in [0.2, 0.25) is 0 Å². The molecule has 2 saturated carbocycles. The number of hydrogen-bond acceptors (Lipinski definition) is 2. The highest BCUT2D eigenvalue weighted by Gasteiger charge is 2.35. The molecule has 3 fully saturated rings. The number of rotatable bonds is 4. The Morgan fingerprint density at radius 2 is 2.07 bits per heavy atom. The SMILES string of the molecule is CC(CC1CC1)N1CCNC(C2CC2)C1. The van der Waals surface area contributed by atoms with Crippen molar-refractivity contribution in [2.24, 2.45) is 11.8 Å². The first-order chi connectivity index (χ1) is 7.33. The zero-order chi connectivity index (χ0) is 10.3. The highest BCUT2D eigenvalue weighted by atomic mass is 15.2. The molecule has 0 spiro atoms. The fourth-order valence-corrected chi connectivity index (χ4v) is 3.00. The van der Waals surface area contributed by atoms with E-state index in [0.29, 0.717) is 0 Å². The van der Waals surface area contributed by atoms with Gasteiger partial charge in [0.05, 0.1) is 0 Å². The third-order valence-electron chi connectivity index (χ3n) is 4.42. The van der Waals surface area contributed by atoms with E-state index in [2.05, 4.69) is 17.1 Å². The molecule has 2 heteroatoms. The van der Waals surface area contributed by atoms with Gasteiger partial charge in [-0.25, -0.2) is 0 Å². The van der Waals surface area contributed by atoms with Crippen LogP contribution in [0.25, 0.3) is 0 Å². The first-order valence-corrected chi connectivity index (χ1v) is 6.80. The smallest absolute Gasteiger partial charge is 0.0223 e. The summed E-state index contributed by atoms with van der Waals surface area (Å²) in [5.74, 6) is 2.09. The van der Waals surface area contributed by atoms with E-state index in [4.69, 9.17) is 0 Å². The molecular formula is C13H24N2. The molecule has 0 amide bonds. The average Bonchev–Trinajstić information content (AvgIpc) is 3.12. The van der Waals surface area contributed by atoms with Gasteiger partial charge in [0.25, 0.3) is 0 Å². The van der Waals surface area contributed by atoms with Gasteiger partial charge in [-0.05, 0) is 38.0 Å². The van der Waals surface area contributed by atoms with E-state index >= 15 is 0 Å². The first-order valence-electron chi connectivity index (χ1n) is 6.80. The molecular weight excluding hydrogens is 184 g/mol. The predicted molar refractivity (Wildman–Crippen MR) is 62.9 cm³/mol. The van der Waals surface area contributed by atoms with Crippen LogP contribution in [0.3, 0.4) is 0 Å². The van der Waals surface area contributed by atoms with E-state index in [0.717, 1.165) is 23.9 Å². The standard InChI is InChI=1S/C13H24N2/c1-10(8-11-2-3-11)15-7-6-14-13(9-15)12-4-5-12/h10-14H,2-9H2,1H3. The van der Waals surface area contributed by atoms with E-state index in [9.17, 15) is 0 Å². The number of piperazine rings is 1. The topological polar surface area (TPSA) is 15.3 Å². The quantitative estimate of drug-likeness (QED) is 0.758. The Hall–Kier alpha value is -0.0800. The van der Waals surface area contributed by atoms with Crippen molar-refractivity contribution in [3.63, 3.8) is 0 Å². The molecule has 15 heavy (non-hydrogen) atoms. The highest BCUT2D eigenvalue weighted by Crippen LogP contribution is 2.36. The molecule has 0 bridgehead atoms. The minimum absolute atomic E-state index is 0.820. The lowest BCUT2D eigenvalue weighted by Gasteiger charge is -2.38. The van der Waals surface area contributed by atoms with E-state index in [1.807, 2.05) is 0 Å². The van der Waals surface area contributed by atoms with Crippen molar-refractivity contribution in [3.05, 3.63) is 0 Å². The summed E-state index contributed by atoms with van der Waals surface area (Å²) >= 11 is 0. The number of hydrogen-bond donors (Lipinski definition) is 1. The van der Waals surface area contributed by atoms with Crippen LogP contribution in [0.5, 0.6) is 0 Å². The van der Waals surface area contributed by atoms with Crippen LogP contribution in [0.1, 0.15) is 39.0 Å². The second-order valence-corrected chi connectivity index (χ2v) is 5.92. The Labute approximate surface area is 93.4 Å². The minimum atomic E-state index is 0.820. The lowest BCUT2D eigenvalue weighted by atomic mass is 10.1. The second-order valence-electron chi connectivity index (χ2n) is 5.92. The summed E-state index contributed by atoms with van der Waals surface area (Å²) in [6.07, 6.45) is 7.41.